The van der Waals surface area contributed by atoms with Crippen LogP contribution in [-0.4, -0.2) is 29.6 Å². The minimum atomic E-state index is 0.266. The highest BCUT2D eigenvalue weighted by Gasteiger charge is 2.16. The van der Waals surface area contributed by atoms with Crippen molar-refractivity contribution in [2.45, 2.75) is 30.7 Å². The highest BCUT2D eigenvalue weighted by Crippen LogP contribution is 2.19. The molecule has 0 spiro atoms. The van der Waals surface area contributed by atoms with E-state index in [4.69, 9.17) is 5.73 Å². The predicted octanol–water partition coefficient (Wildman–Crippen LogP) is 2.25. The molecule has 3 nitrogen and oxygen atoms in total. The van der Waals surface area contributed by atoms with Gasteiger partial charge in [0.25, 0.3) is 0 Å². The Morgan fingerprint density at radius 2 is 1.83 bits per heavy atom. The molecule has 1 heterocycles. The molecule has 98 valence electrons. The van der Waals surface area contributed by atoms with Crippen LogP contribution in [0.15, 0.2) is 29.2 Å². The van der Waals surface area contributed by atoms with Crippen LogP contribution in [0.4, 0.5) is 0 Å². The first kappa shape index (κ1) is 13.4. The lowest BCUT2D eigenvalue weighted by Gasteiger charge is -2.26. The molecule has 2 rings (SSSR count). The van der Waals surface area contributed by atoms with Crippen LogP contribution >= 0.6 is 11.8 Å². The van der Waals surface area contributed by atoms with E-state index in [-0.39, 0.29) is 5.91 Å². The first-order valence-corrected chi connectivity index (χ1v) is 7.48. The number of carbonyl (C=O) groups excluding carboxylic acids is 1. The smallest absolute Gasteiger partial charge is 0.232 e. The molecular formula is C14H20N2OS. The summed E-state index contributed by atoms with van der Waals surface area (Å²) in [5.74, 6) is 0.810. The average molecular weight is 264 g/mol. The van der Waals surface area contributed by atoms with E-state index in [1.165, 1.54) is 6.42 Å². The van der Waals surface area contributed by atoms with Gasteiger partial charge in [-0.25, -0.2) is 0 Å². The minimum absolute atomic E-state index is 0.266. The summed E-state index contributed by atoms with van der Waals surface area (Å²) in [5.41, 5.74) is 6.68. The van der Waals surface area contributed by atoms with Crippen molar-refractivity contribution in [3.05, 3.63) is 29.8 Å². The maximum absolute atomic E-state index is 12.0. The first-order valence-electron chi connectivity index (χ1n) is 6.49. The Balaban J connectivity index is 1.80. The van der Waals surface area contributed by atoms with Crippen LogP contribution in [0.1, 0.15) is 24.8 Å². The van der Waals surface area contributed by atoms with Gasteiger partial charge in [-0.1, -0.05) is 12.1 Å². The van der Waals surface area contributed by atoms with Crippen molar-refractivity contribution in [3.8, 4) is 0 Å². The van der Waals surface area contributed by atoms with E-state index in [0.717, 1.165) is 36.4 Å². The van der Waals surface area contributed by atoms with Gasteiger partial charge in [0, 0.05) is 24.5 Å². The summed E-state index contributed by atoms with van der Waals surface area (Å²) in [7, 11) is 0. The summed E-state index contributed by atoms with van der Waals surface area (Å²) in [5, 5.41) is 0. The summed E-state index contributed by atoms with van der Waals surface area (Å²) in [4.78, 5) is 15.1. The SMILES string of the molecule is NCc1ccc(SCC(=O)N2CCCCC2)cc1. The molecule has 0 aromatic heterocycles. The van der Waals surface area contributed by atoms with Gasteiger partial charge in [0.2, 0.25) is 5.91 Å². The Labute approximate surface area is 113 Å². The molecule has 18 heavy (non-hydrogen) atoms. The molecule has 1 aromatic carbocycles. The van der Waals surface area contributed by atoms with E-state index in [2.05, 4.69) is 0 Å². The summed E-state index contributed by atoms with van der Waals surface area (Å²) < 4.78 is 0. The number of likely N-dealkylation sites (tertiary alicyclic amines) is 1. The van der Waals surface area contributed by atoms with Crippen molar-refractivity contribution in [1.29, 1.82) is 0 Å². The fourth-order valence-corrected chi connectivity index (χ4v) is 2.90. The maximum atomic E-state index is 12.0. The largest absolute Gasteiger partial charge is 0.342 e. The highest BCUT2D eigenvalue weighted by atomic mass is 32.2. The zero-order chi connectivity index (χ0) is 12.8. The summed E-state index contributed by atoms with van der Waals surface area (Å²) >= 11 is 1.61. The van der Waals surface area contributed by atoms with E-state index in [0.29, 0.717) is 12.3 Å². The Hall–Kier alpha value is -1.00. The molecular weight excluding hydrogens is 244 g/mol. The molecule has 1 aromatic rings. The quantitative estimate of drug-likeness (QED) is 0.848. The Morgan fingerprint density at radius 1 is 1.17 bits per heavy atom. The molecule has 1 fully saturated rings. The van der Waals surface area contributed by atoms with E-state index in [1.54, 1.807) is 11.8 Å². The topological polar surface area (TPSA) is 46.3 Å². The number of hydrogen-bond acceptors (Lipinski definition) is 3. The molecule has 0 radical (unpaired) electrons. The van der Waals surface area contributed by atoms with Crippen LogP contribution in [0.2, 0.25) is 0 Å². The Bertz CT molecular complexity index is 385. The number of benzene rings is 1. The van der Waals surface area contributed by atoms with Gasteiger partial charge in [-0.05, 0) is 37.0 Å². The van der Waals surface area contributed by atoms with Gasteiger partial charge in [-0.15, -0.1) is 11.8 Å². The fraction of sp³-hybridized carbons (Fsp3) is 0.500. The summed E-state index contributed by atoms with van der Waals surface area (Å²) in [6, 6.07) is 8.12. The van der Waals surface area contributed by atoms with Crippen molar-refractivity contribution in [1.82, 2.24) is 4.90 Å². The lowest BCUT2D eigenvalue weighted by atomic mass is 10.1. The van der Waals surface area contributed by atoms with Crippen molar-refractivity contribution in [3.63, 3.8) is 0 Å². The average Bonchev–Trinajstić information content (AvgIpc) is 2.46. The van der Waals surface area contributed by atoms with Crippen LogP contribution in [0.3, 0.4) is 0 Å². The second-order valence-corrected chi connectivity index (χ2v) is 5.63. The van der Waals surface area contributed by atoms with E-state index in [9.17, 15) is 4.79 Å². The van der Waals surface area contributed by atoms with Crippen LogP contribution in [0, 0.1) is 0 Å². The Kier molecular flexibility index (Phi) is 5.08. The van der Waals surface area contributed by atoms with Gasteiger partial charge < -0.3 is 10.6 Å². The third-order valence-electron chi connectivity index (χ3n) is 3.23. The number of hydrogen-bond donors (Lipinski definition) is 1. The third kappa shape index (κ3) is 3.75. The third-order valence-corrected chi connectivity index (χ3v) is 4.23. The second kappa shape index (κ2) is 6.81. The summed E-state index contributed by atoms with van der Waals surface area (Å²) in [6.45, 7) is 2.44. The predicted molar refractivity (Wildman–Crippen MR) is 75.5 cm³/mol. The standard InChI is InChI=1S/C14H20N2OS/c15-10-12-4-6-13(7-5-12)18-11-14(17)16-8-2-1-3-9-16/h4-7H,1-3,8-11,15H2. The monoisotopic (exact) mass is 264 g/mol. The minimum Gasteiger partial charge on any atom is -0.342 e. The zero-order valence-electron chi connectivity index (χ0n) is 10.6. The van der Waals surface area contributed by atoms with Crippen molar-refractivity contribution in [2.75, 3.05) is 18.8 Å². The normalized spacial score (nSPS) is 15.7. The van der Waals surface area contributed by atoms with Crippen LogP contribution in [0.25, 0.3) is 0 Å². The van der Waals surface area contributed by atoms with Gasteiger partial charge >= 0.3 is 0 Å². The number of piperidine rings is 1. The van der Waals surface area contributed by atoms with Crippen LogP contribution in [-0.2, 0) is 11.3 Å². The number of thioether (sulfide) groups is 1. The van der Waals surface area contributed by atoms with E-state index >= 15 is 0 Å². The number of rotatable bonds is 4. The Morgan fingerprint density at radius 3 is 2.44 bits per heavy atom. The molecule has 2 N–H and O–H groups in total. The van der Waals surface area contributed by atoms with Crippen LogP contribution < -0.4 is 5.73 Å². The molecule has 1 amide bonds. The molecule has 1 saturated heterocycles. The number of amides is 1. The molecule has 0 aliphatic carbocycles. The molecule has 0 bridgehead atoms. The molecule has 0 atom stereocenters. The van der Waals surface area contributed by atoms with Crippen molar-refractivity contribution in [2.24, 2.45) is 5.73 Å². The number of nitrogens with zero attached hydrogens (tertiary/aromatic N) is 1. The molecule has 0 saturated carbocycles. The molecule has 4 heteroatoms. The summed E-state index contributed by atoms with van der Waals surface area (Å²) in [6.07, 6.45) is 3.57. The van der Waals surface area contributed by atoms with Crippen molar-refractivity contribution >= 4 is 17.7 Å². The van der Waals surface area contributed by atoms with Gasteiger partial charge in [-0.3, -0.25) is 4.79 Å². The van der Waals surface area contributed by atoms with Crippen molar-refractivity contribution < 1.29 is 4.79 Å². The lowest BCUT2D eigenvalue weighted by molar-refractivity contribution is -0.129. The number of nitrogens with two attached hydrogens (primary N) is 1. The van der Waals surface area contributed by atoms with E-state index in [1.807, 2.05) is 29.2 Å². The van der Waals surface area contributed by atoms with Gasteiger partial charge in [0.15, 0.2) is 0 Å². The van der Waals surface area contributed by atoms with E-state index < -0.39 is 0 Å². The number of carbonyl (C=O) groups is 1. The van der Waals surface area contributed by atoms with Gasteiger partial charge in [-0.2, -0.15) is 0 Å². The van der Waals surface area contributed by atoms with Gasteiger partial charge in [0.1, 0.15) is 0 Å². The second-order valence-electron chi connectivity index (χ2n) is 4.58. The van der Waals surface area contributed by atoms with Crippen LogP contribution in [0.5, 0.6) is 0 Å². The fourth-order valence-electron chi connectivity index (χ4n) is 2.10. The first-order chi connectivity index (χ1) is 8.79. The molecule has 1 aliphatic rings. The lowest BCUT2D eigenvalue weighted by Crippen LogP contribution is -2.36. The van der Waals surface area contributed by atoms with Gasteiger partial charge in [0.05, 0.1) is 5.75 Å². The maximum Gasteiger partial charge on any atom is 0.232 e. The molecule has 0 unspecified atom stereocenters. The zero-order valence-corrected chi connectivity index (χ0v) is 11.4. The molecule has 1 aliphatic heterocycles. The highest BCUT2D eigenvalue weighted by molar-refractivity contribution is 8.00.